The number of sulfonamides is 1. The minimum absolute atomic E-state index is 0.0451. The third-order valence-corrected chi connectivity index (χ3v) is 12.0. The van der Waals surface area contributed by atoms with Crippen molar-refractivity contribution in [3.8, 4) is 5.88 Å². The lowest BCUT2D eigenvalue weighted by Gasteiger charge is -2.33. The summed E-state index contributed by atoms with van der Waals surface area (Å²) in [4.78, 5) is 28.7. The molecule has 1 aliphatic rings. The Morgan fingerprint density at radius 1 is 1.13 bits per heavy atom. The minimum Gasteiger partial charge on any atom is -0.472 e. The van der Waals surface area contributed by atoms with Crippen molar-refractivity contribution in [3.63, 3.8) is 0 Å². The Bertz CT molecular complexity index is 2040. The molecule has 0 saturated carbocycles. The average molecular weight is 674 g/mol. The summed E-state index contributed by atoms with van der Waals surface area (Å²) in [5.74, 6) is -0.265. The molecular weight excluding hydrogens is 635 g/mol. The van der Waals surface area contributed by atoms with E-state index < -0.39 is 21.4 Å². The molecule has 246 valence electrons. The largest absolute Gasteiger partial charge is 0.472 e. The van der Waals surface area contributed by atoms with Crippen molar-refractivity contribution < 1.29 is 17.9 Å². The molecule has 2 atom stereocenters. The zero-order chi connectivity index (χ0) is 33.5. The van der Waals surface area contributed by atoms with Crippen LogP contribution in [-0.2, 0) is 34.3 Å². The number of carbonyl (C=O) groups excluding carboxylic acids is 1. The molecule has 0 fully saturated rings. The third kappa shape index (κ3) is 6.07. The van der Waals surface area contributed by atoms with Crippen LogP contribution in [-0.4, -0.2) is 61.1 Å². The van der Waals surface area contributed by atoms with Crippen LogP contribution in [0, 0.1) is 19.3 Å². The van der Waals surface area contributed by atoms with E-state index in [1.807, 2.05) is 64.4 Å². The summed E-state index contributed by atoms with van der Waals surface area (Å²) < 4.78 is 37.1. The molecular formula is C34H39N7O4S2. The van der Waals surface area contributed by atoms with Crippen LogP contribution >= 0.6 is 11.3 Å². The van der Waals surface area contributed by atoms with Crippen molar-refractivity contribution in [1.29, 1.82) is 0 Å². The molecule has 4 aromatic heterocycles. The number of pyridine rings is 2. The standard InChI is InChI=1S/C34H39N7O4S2/c1-7-24-19-40(47(43,44)28-12-10-16-36-32(28)45-24)20-26-22(4)46-33(37-26)30(34(5,6)29(42)17-23-11-9-15-35-18-23)25-13-14-27-31(21(25)3)38-39-41(27)8-2/h9-16,18,24,30H,7-8,17,19-20H2,1-6H3/t24-,30-/m1/s1. The molecule has 13 heteroatoms. The van der Waals surface area contributed by atoms with Gasteiger partial charge in [0.1, 0.15) is 27.3 Å². The van der Waals surface area contributed by atoms with E-state index in [0.717, 1.165) is 37.6 Å². The van der Waals surface area contributed by atoms with Crippen LogP contribution in [0.1, 0.15) is 72.3 Å². The van der Waals surface area contributed by atoms with E-state index in [1.165, 1.54) is 27.9 Å². The van der Waals surface area contributed by atoms with Gasteiger partial charge in [-0.25, -0.2) is 23.1 Å². The molecule has 0 radical (unpaired) electrons. The number of carbonyl (C=O) groups is 1. The number of hydrogen-bond donors (Lipinski definition) is 0. The summed E-state index contributed by atoms with van der Waals surface area (Å²) in [6.45, 7) is 12.8. The monoisotopic (exact) mass is 673 g/mol. The molecule has 0 N–H and O–H groups in total. The predicted molar refractivity (Wildman–Crippen MR) is 180 cm³/mol. The molecule has 1 aliphatic heterocycles. The fourth-order valence-electron chi connectivity index (χ4n) is 6.21. The van der Waals surface area contributed by atoms with Gasteiger partial charge in [0.05, 0.1) is 24.3 Å². The van der Waals surface area contributed by atoms with Crippen molar-refractivity contribution in [3.05, 3.63) is 87.3 Å². The van der Waals surface area contributed by atoms with E-state index in [-0.39, 0.29) is 42.2 Å². The average Bonchev–Trinajstić information content (AvgIpc) is 3.62. The van der Waals surface area contributed by atoms with Crippen LogP contribution < -0.4 is 4.74 Å². The van der Waals surface area contributed by atoms with Gasteiger partial charge in [-0.3, -0.25) is 9.78 Å². The molecule has 1 aromatic carbocycles. The Hall–Kier alpha value is -4.07. The molecule has 0 amide bonds. The van der Waals surface area contributed by atoms with Gasteiger partial charge >= 0.3 is 0 Å². The SMILES string of the molecule is CC[C@@H]1CN(Cc2nc([C@@H](c3ccc4c(nnn4CC)c3C)C(C)(C)C(=O)Cc3cccnc3)sc2C)S(=O)(=O)c2cccnc2O1. The number of rotatable bonds is 10. The van der Waals surface area contributed by atoms with Gasteiger partial charge < -0.3 is 4.74 Å². The van der Waals surface area contributed by atoms with Gasteiger partial charge in [-0.1, -0.05) is 38.1 Å². The summed E-state index contributed by atoms with van der Waals surface area (Å²) in [5, 5.41) is 9.57. The summed E-state index contributed by atoms with van der Waals surface area (Å²) >= 11 is 1.50. The van der Waals surface area contributed by atoms with Crippen LogP contribution in [0.25, 0.3) is 11.0 Å². The van der Waals surface area contributed by atoms with E-state index in [1.54, 1.807) is 18.5 Å². The third-order valence-electron chi connectivity index (χ3n) is 9.10. The number of aromatic nitrogens is 6. The van der Waals surface area contributed by atoms with E-state index in [4.69, 9.17) is 9.72 Å². The van der Waals surface area contributed by atoms with E-state index >= 15 is 0 Å². The van der Waals surface area contributed by atoms with E-state index in [2.05, 4.69) is 26.3 Å². The lowest BCUT2D eigenvalue weighted by atomic mass is 9.70. The smallest absolute Gasteiger partial charge is 0.248 e. The first kappa shape index (κ1) is 32.9. The first-order valence-electron chi connectivity index (χ1n) is 15.8. The summed E-state index contributed by atoms with van der Waals surface area (Å²) in [6, 6.07) is 10.9. The number of thiazole rings is 1. The first-order valence-corrected chi connectivity index (χ1v) is 18.0. The molecule has 6 rings (SSSR count). The van der Waals surface area contributed by atoms with Crippen molar-refractivity contribution in [1.82, 2.24) is 34.3 Å². The number of Topliss-reactive ketones (excluding diaryl/α,β-unsaturated/α-hetero) is 1. The molecule has 5 aromatic rings. The summed E-state index contributed by atoms with van der Waals surface area (Å²) in [6.07, 6.45) is 5.42. The molecule has 0 bridgehead atoms. The highest BCUT2D eigenvalue weighted by Gasteiger charge is 2.42. The van der Waals surface area contributed by atoms with Crippen molar-refractivity contribution in [2.24, 2.45) is 5.41 Å². The van der Waals surface area contributed by atoms with Crippen LogP contribution in [0.5, 0.6) is 5.88 Å². The van der Waals surface area contributed by atoms with Gasteiger partial charge in [0.15, 0.2) is 0 Å². The van der Waals surface area contributed by atoms with Gasteiger partial charge in [-0.05, 0) is 68.1 Å². The highest BCUT2D eigenvalue weighted by Crippen LogP contribution is 2.46. The van der Waals surface area contributed by atoms with Crippen LogP contribution in [0.15, 0.2) is 59.9 Å². The molecule has 5 heterocycles. The highest BCUT2D eigenvalue weighted by atomic mass is 32.2. The number of aryl methyl sites for hydroxylation is 3. The number of benzene rings is 1. The highest BCUT2D eigenvalue weighted by molar-refractivity contribution is 7.89. The number of ketones is 1. The second-order valence-electron chi connectivity index (χ2n) is 12.5. The Balaban J connectivity index is 1.43. The van der Waals surface area contributed by atoms with Gasteiger partial charge in [-0.2, -0.15) is 4.31 Å². The van der Waals surface area contributed by atoms with E-state index in [9.17, 15) is 13.2 Å². The Kier molecular flexibility index (Phi) is 8.98. The van der Waals surface area contributed by atoms with Crippen LogP contribution in [0.2, 0.25) is 0 Å². The number of hydrogen-bond acceptors (Lipinski definition) is 10. The van der Waals surface area contributed by atoms with E-state index in [0.29, 0.717) is 18.7 Å². The van der Waals surface area contributed by atoms with Crippen LogP contribution in [0.4, 0.5) is 0 Å². The van der Waals surface area contributed by atoms with Crippen molar-refractivity contribution in [2.75, 3.05) is 6.54 Å². The summed E-state index contributed by atoms with van der Waals surface area (Å²) in [5.41, 5.74) is 4.18. The van der Waals surface area contributed by atoms with Crippen molar-refractivity contribution >= 4 is 38.2 Å². The Labute approximate surface area is 279 Å². The number of ether oxygens (including phenoxy) is 1. The lowest BCUT2D eigenvalue weighted by molar-refractivity contribution is -0.127. The Morgan fingerprint density at radius 2 is 1.91 bits per heavy atom. The summed E-state index contributed by atoms with van der Waals surface area (Å²) in [7, 11) is -3.92. The maximum atomic E-state index is 14.2. The second-order valence-corrected chi connectivity index (χ2v) is 15.6. The molecule has 0 aliphatic carbocycles. The van der Waals surface area contributed by atoms with Gasteiger partial charge in [0.2, 0.25) is 15.9 Å². The maximum Gasteiger partial charge on any atom is 0.248 e. The number of fused-ring (bicyclic) bond motifs is 2. The molecule has 47 heavy (non-hydrogen) atoms. The van der Waals surface area contributed by atoms with Crippen LogP contribution in [0.3, 0.4) is 0 Å². The molecule has 11 nitrogen and oxygen atoms in total. The Morgan fingerprint density at radius 3 is 2.64 bits per heavy atom. The zero-order valence-corrected chi connectivity index (χ0v) is 29.1. The van der Waals surface area contributed by atoms with Gasteiger partial charge in [0, 0.05) is 47.8 Å². The zero-order valence-electron chi connectivity index (χ0n) is 27.5. The van der Waals surface area contributed by atoms with Gasteiger partial charge in [-0.15, -0.1) is 16.4 Å². The topological polar surface area (TPSA) is 133 Å². The predicted octanol–water partition coefficient (Wildman–Crippen LogP) is 5.65. The van der Waals surface area contributed by atoms with Crippen molar-refractivity contribution in [2.45, 2.75) is 84.4 Å². The molecule has 0 unspecified atom stereocenters. The van der Waals surface area contributed by atoms with Gasteiger partial charge in [0.25, 0.3) is 0 Å². The quantitative estimate of drug-likeness (QED) is 0.185. The second kappa shape index (κ2) is 12.9. The maximum absolute atomic E-state index is 14.2. The molecule has 0 saturated heterocycles. The fraction of sp³-hybridized carbons (Fsp3) is 0.412. The molecule has 0 spiro atoms. The minimum atomic E-state index is -3.92. The normalized spacial score (nSPS) is 17.2. The lowest BCUT2D eigenvalue weighted by Crippen LogP contribution is -2.36. The fourth-order valence-corrected chi connectivity index (χ4v) is 8.95. The first-order chi connectivity index (χ1) is 22.4. The number of nitrogens with zero attached hydrogens (tertiary/aromatic N) is 7.